The van der Waals surface area contributed by atoms with Gasteiger partial charge in [-0.2, -0.15) is 0 Å². The standard InChI is InChI=1S/C14H9F2NO5/c15-9-1-6-13(12(16)7-9)21-8-14(18)22-11-4-2-10(3-5-11)17(19)20/h1-7H,8H2. The lowest BCUT2D eigenvalue weighted by Crippen LogP contribution is -2.18. The van der Waals surface area contributed by atoms with Gasteiger partial charge in [0.2, 0.25) is 0 Å². The third-order valence-electron chi connectivity index (χ3n) is 2.52. The van der Waals surface area contributed by atoms with Gasteiger partial charge in [-0.05, 0) is 24.3 Å². The van der Waals surface area contributed by atoms with Crippen LogP contribution in [-0.4, -0.2) is 17.5 Å². The molecule has 0 saturated heterocycles. The van der Waals surface area contributed by atoms with Crippen LogP contribution < -0.4 is 9.47 Å². The molecule has 0 aliphatic heterocycles. The summed E-state index contributed by atoms with van der Waals surface area (Å²) in [6.07, 6.45) is 0. The molecule has 0 aromatic heterocycles. The topological polar surface area (TPSA) is 78.7 Å². The molecule has 0 aliphatic carbocycles. The van der Waals surface area contributed by atoms with E-state index in [4.69, 9.17) is 9.47 Å². The fourth-order valence-corrected chi connectivity index (χ4v) is 1.53. The molecule has 0 unspecified atom stereocenters. The van der Waals surface area contributed by atoms with Gasteiger partial charge in [-0.25, -0.2) is 13.6 Å². The van der Waals surface area contributed by atoms with E-state index in [0.717, 1.165) is 12.1 Å². The summed E-state index contributed by atoms with van der Waals surface area (Å²) in [6.45, 7) is -0.598. The van der Waals surface area contributed by atoms with Gasteiger partial charge in [-0.1, -0.05) is 0 Å². The fraction of sp³-hybridized carbons (Fsp3) is 0.0714. The second-order valence-electron chi connectivity index (χ2n) is 4.09. The molecular weight excluding hydrogens is 300 g/mol. The highest BCUT2D eigenvalue weighted by Crippen LogP contribution is 2.19. The van der Waals surface area contributed by atoms with Gasteiger partial charge < -0.3 is 9.47 Å². The first-order chi connectivity index (χ1) is 10.5. The first kappa shape index (κ1) is 15.4. The molecule has 0 atom stereocenters. The molecule has 114 valence electrons. The summed E-state index contributed by atoms with van der Waals surface area (Å²) in [6, 6.07) is 7.48. The van der Waals surface area contributed by atoms with Crippen LogP contribution in [-0.2, 0) is 4.79 Å². The van der Waals surface area contributed by atoms with Gasteiger partial charge in [0.1, 0.15) is 11.6 Å². The van der Waals surface area contributed by atoms with Crippen molar-refractivity contribution in [3.8, 4) is 11.5 Å². The Bertz CT molecular complexity index is 703. The first-order valence-corrected chi connectivity index (χ1v) is 5.98. The third kappa shape index (κ3) is 3.98. The maximum absolute atomic E-state index is 13.3. The molecule has 2 aromatic carbocycles. The SMILES string of the molecule is O=C(COc1ccc(F)cc1F)Oc1ccc([N+](=O)[O-])cc1. The number of halogens is 2. The van der Waals surface area contributed by atoms with E-state index in [0.29, 0.717) is 6.07 Å². The molecule has 2 rings (SSSR count). The zero-order valence-electron chi connectivity index (χ0n) is 11.0. The predicted molar refractivity (Wildman–Crippen MR) is 70.6 cm³/mol. The number of carbonyl (C=O) groups is 1. The van der Waals surface area contributed by atoms with E-state index in [1.54, 1.807) is 0 Å². The molecule has 0 aliphatic rings. The Morgan fingerprint density at radius 3 is 2.41 bits per heavy atom. The summed E-state index contributed by atoms with van der Waals surface area (Å²) in [5.41, 5.74) is -0.149. The number of carbonyl (C=O) groups excluding carboxylic acids is 1. The highest BCUT2D eigenvalue weighted by atomic mass is 19.1. The van der Waals surface area contributed by atoms with E-state index >= 15 is 0 Å². The van der Waals surface area contributed by atoms with Gasteiger partial charge in [0.15, 0.2) is 18.2 Å². The van der Waals surface area contributed by atoms with Crippen molar-refractivity contribution in [2.75, 3.05) is 6.61 Å². The smallest absolute Gasteiger partial charge is 0.349 e. The maximum Gasteiger partial charge on any atom is 0.349 e. The van der Waals surface area contributed by atoms with Crippen molar-refractivity contribution in [1.29, 1.82) is 0 Å². The van der Waals surface area contributed by atoms with Gasteiger partial charge >= 0.3 is 5.97 Å². The number of benzene rings is 2. The van der Waals surface area contributed by atoms with Crippen LogP contribution in [0.15, 0.2) is 42.5 Å². The summed E-state index contributed by atoms with van der Waals surface area (Å²) in [5, 5.41) is 10.5. The highest BCUT2D eigenvalue weighted by Gasteiger charge is 2.11. The average Bonchev–Trinajstić information content (AvgIpc) is 2.47. The van der Waals surface area contributed by atoms with Gasteiger partial charge in [0.25, 0.3) is 5.69 Å². The predicted octanol–water partition coefficient (Wildman–Crippen LogP) is 2.86. The van der Waals surface area contributed by atoms with E-state index in [9.17, 15) is 23.7 Å². The normalized spacial score (nSPS) is 10.1. The molecule has 6 nitrogen and oxygen atoms in total. The highest BCUT2D eigenvalue weighted by molar-refractivity contribution is 5.74. The van der Waals surface area contributed by atoms with Crippen molar-refractivity contribution in [1.82, 2.24) is 0 Å². The molecule has 0 saturated carbocycles. The van der Waals surface area contributed by atoms with Crippen LogP contribution in [0.4, 0.5) is 14.5 Å². The molecule has 0 heterocycles. The molecule has 0 N–H and O–H groups in total. The molecule has 0 fully saturated rings. The van der Waals surface area contributed by atoms with Crippen LogP contribution in [0, 0.1) is 21.7 Å². The number of hydrogen-bond acceptors (Lipinski definition) is 5. The van der Waals surface area contributed by atoms with E-state index in [1.165, 1.54) is 24.3 Å². The lowest BCUT2D eigenvalue weighted by molar-refractivity contribution is -0.384. The number of nitro benzene ring substituents is 1. The van der Waals surface area contributed by atoms with Crippen molar-refractivity contribution >= 4 is 11.7 Å². The molecule has 0 bridgehead atoms. The molecule has 2 aromatic rings. The zero-order chi connectivity index (χ0) is 16.1. The van der Waals surface area contributed by atoms with Crippen molar-refractivity contribution < 1.29 is 28.0 Å². The first-order valence-electron chi connectivity index (χ1n) is 5.98. The van der Waals surface area contributed by atoms with Crippen LogP contribution in [0.3, 0.4) is 0 Å². The maximum atomic E-state index is 13.3. The minimum Gasteiger partial charge on any atom is -0.479 e. The minimum atomic E-state index is -0.942. The number of non-ortho nitro benzene ring substituents is 1. The van der Waals surface area contributed by atoms with Crippen LogP contribution in [0.2, 0.25) is 0 Å². The van der Waals surface area contributed by atoms with Crippen molar-refractivity contribution in [2.45, 2.75) is 0 Å². The monoisotopic (exact) mass is 309 g/mol. The fourth-order valence-electron chi connectivity index (χ4n) is 1.53. The number of nitro groups is 1. The number of ether oxygens (including phenoxy) is 2. The van der Waals surface area contributed by atoms with Crippen LogP contribution in [0.1, 0.15) is 0 Å². The Morgan fingerprint density at radius 2 is 1.82 bits per heavy atom. The van der Waals surface area contributed by atoms with Crippen molar-refractivity contribution in [3.63, 3.8) is 0 Å². The second-order valence-corrected chi connectivity index (χ2v) is 4.09. The quantitative estimate of drug-likeness (QED) is 0.367. The minimum absolute atomic E-state index is 0.0822. The van der Waals surface area contributed by atoms with Crippen molar-refractivity contribution in [2.24, 2.45) is 0 Å². The Labute approximate surface area is 123 Å². The number of hydrogen-bond donors (Lipinski definition) is 0. The summed E-state index contributed by atoms with van der Waals surface area (Å²) < 4.78 is 35.7. The zero-order valence-corrected chi connectivity index (χ0v) is 11.0. The van der Waals surface area contributed by atoms with E-state index < -0.39 is 29.1 Å². The van der Waals surface area contributed by atoms with E-state index in [2.05, 4.69) is 0 Å². The average molecular weight is 309 g/mol. The lowest BCUT2D eigenvalue weighted by Gasteiger charge is -2.07. The van der Waals surface area contributed by atoms with Crippen LogP contribution in [0.25, 0.3) is 0 Å². The molecule has 0 spiro atoms. The Morgan fingerprint density at radius 1 is 1.14 bits per heavy atom. The Balaban J connectivity index is 1.91. The Kier molecular flexibility index (Phi) is 4.62. The van der Waals surface area contributed by atoms with Gasteiger partial charge in [0, 0.05) is 18.2 Å². The molecule has 0 amide bonds. The molecular formula is C14H9F2NO5. The van der Waals surface area contributed by atoms with Crippen LogP contribution >= 0.6 is 0 Å². The Hall–Kier alpha value is -3.03. The summed E-state index contributed by atoms with van der Waals surface area (Å²) in [5.74, 6) is -2.75. The van der Waals surface area contributed by atoms with Crippen molar-refractivity contribution in [3.05, 3.63) is 64.2 Å². The number of rotatable bonds is 5. The van der Waals surface area contributed by atoms with E-state index in [1.807, 2.05) is 0 Å². The van der Waals surface area contributed by atoms with Gasteiger partial charge in [-0.3, -0.25) is 10.1 Å². The van der Waals surface area contributed by atoms with Gasteiger partial charge in [-0.15, -0.1) is 0 Å². The second kappa shape index (κ2) is 6.61. The van der Waals surface area contributed by atoms with Gasteiger partial charge in [0.05, 0.1) is 4.92 Å². The number of esters is 1. The lowest BCUT2D eigenvalue weighted by atomic mass is 10.3. The molecule has 8 heteroatoms. The third-order valence-corrected chi connectivity index (χ3v) is 2.52. The summed E-state index contributed by atoms with van der Waals surface area (Å²) in [7, 11) is 0. The summed E-state index contributed by atoms with van der Waals surface area (Å²) in [4.78, 5) is 21.4. The summed E-state index contributed by atoms with van der Waals surface area (Å²) >= 11 is 0. The largest absolute Gasteiger partial charge is 0.479 e. The molecule has 22 heavy (non-hydrogen) atoms. The number of nitrogens with zero attached hydrogens (tertiary/aromatic N) is 1. The molecule has 0 radical (unpaired) electrons. The van der Waals surface area contributed by atoms with E-state index in [-0.39, 0.29) is 17.2 Å². The van der Waals surface area contributed by atoms with Crippen LogP contribution in [0.5, 0.6) is 11.5 Å².